The average Bonchev–Trinajstić information content (AvgIpc) is 2.53. The van der Waals surface area contributed by atoms with Crippen molar-refractivity contribution in [1.82, 2.24) is 0 Å². The van der Waals surface area contributed by atoms with E-state index < -0.39 is 31.7 Å². The molecule has 0 saturated heterocycles. The molecule has 1 aromatic carbocycles. The Hall–Kier alpha value is -1.17. The van der Waals surface area contributed by atoms with E-state index in [4.69, 9.17) is 0 Å². The number of benzene rings is 1. The predicted molar refractivity (Wildman–Crippen MR) is 86.4 cm³/mol. The van der Waals surface area contributed by atoms with Crippen molar-refractivity contribution in [2.75, 3.05) is 5.32 Å². The molecule has 1 amide bonds. The lowest BCUT2D eigenvalue weighted by atomic mass is 9.86. The Morgan fingerprint density at radius 1 is 1.17 bits per heavy atom. The van der Waals surface area contributed by atoms with E-state index in [0.29, 0.717) is 6.42 Å². The highest BCUT2D eigenvalue weighted by Gasteiger charge is 2.32. The van der Waals surface area contributed by atoms with Gasteiger partial charge in [0.25, 0.3) is 0 Å². The summed E-state index contributed by atoms with van der Waals surface area (Å²) < 4.78 is 37.6. The number of alkyl halides is 3. The summed E-state index contributed by atoms with van der Waals surface area (Å²) in [6, 6.07) is 4.09. The molecular formula is C16H21F3NO3P. The third-order valence-electron chi connectivity index (χ3n) is 4.34. The first kappa shape index (κ1) is 19.2. The minimum atomic E-state index is -4.43. The van der Waals surface area contributed by atoms with Crippen LogP contribution in [-0.2, 0) is 11.0 Å². The Labute approximate surface area is 140 Å². The van der Waals surface area contributed by atoms with Gasteiger partial charge in [0.15, 0.2) is 8.38 Å². The van der Waals surface area contributed by atoms with Crippen LogP contribution in [0.5, 0.6) is 0 Å². The summed E-state index contributed by atoms with van der Waals surface area (Å²) in [5.74, 6) is -0.275. The first-order valence-corrected chi connectivity index (χ1v) is 9.24. The van der Waals surface area contributed by atoms with Gasteiger partial charge in [0.1, 0.15) is 5.66 Å². The van der Waals surface area contributed by atoms with Gasteiger partial charge in [0, 0.05) is 5.69 Å². The van der Waals surface area contributed by atoms with Crippen LogP contribution in [0.1, 0.15) is 44.1 Å². The van der Waals surface area contributed by atoms with Crippen molar-refractivity contribution in [2.45, 2.75) is 50.4 Å². The van der Waals surface area contributed by atoms with E-state index in [2.05, 4.69) is 5.32 Å². The molecule has 1 aliphatic rings. The number of rotatable bonds is 5. The zero-order chi connectivity index (χ0) is 17.7. The minimum Gasteiger partial charge on any atom is -0.349 e. The Balaban J connectivity index is 1.99. The molecule has 1 atom stereocenters. The number of halogens is 3. The smallest absolute Gasteiger partial charge is 0.349 e. The topological polar surface area (TPSA) is 69.6 Å². The molecule has 0 aromatic heterocycles. The van der Waals surface area contributed by atoms with E-state index >= 15 is 0 Å². The molecule has 2 rings (SSSR count). The van der Waals surface area contributed by atoms with Gasteiger partial charge in [-0.1, -0.05) is 32.1 Å². The number of carbonyl (C=O) groups excluding carboxylic acids is 1. The quantitative estimate of drug-likeness (QED) is 0.684. The number of carbonyl (C=O) groups is 1. The second-order valence-corrected chi connectivity index (χ2v) is 7.40. The molecule has 1 saturated carbocycles. The van der Waals surface area contributed by atoms with E-state index in [9.17, 15) is 27.8 Å². The lowest BCUT2D eigenvalue weighted by Crippen LogP contribution is -2.29. The van der Waals surface area contributed by atoms with E-state index in [-0.39, 0.29) is 11.6 Å². The first-order chi connectivity index (χ1) is 11.3. The summed E-state index contributed by atoms with van der Waals surface area (Å²) >= 11 is 0. The van der Waals surface area contributed by atoms with Crippen LogP contribution in [0.15, 0.2) is 24.3 Å². The lowest BCUT2D eigenvalue weighted by molar-refractivity contribution is -0.137. The van der Waals surface area contributed by atoms with Crippen LogP contribution in [0.2, 0.25) is 0 Å². The van der Waals surface area contributed by atoms with Gasteiger partial charge >= 0.3 is 6.18 Å². The molecule has 0 radical (unpaired) electrons. The van der Waals surface area contributed by atoms with Crippen molar-refractivity contribution < 1.29 is 27.8 Å². The number of hydrogen-bond acceptors (Lipinski definition) is 3. The fourth-order valence-electron chi connectivity index (χ4n) is 3.01. The summed E-state index contributed by atoms with van der Waals surface area (Å²) in [6.45, 7) is 0. The van der Waals surface area contributed by atoms with E-state index in [1.807, 2.05) is 0 Å². The van der Waals surface area contributed by atoms with Crippen molar-refractivity contribution in [3.05, 3.63) is 29.8 Å². The van der Waals surface area contributed by atoms with Gasteiger partial charge < -0.3 is 15.1 Å². The number of amides is 1. The average molecular weight is 363 g/mol. The fourth-order valence-corrected chi connectivity index (χ4v) is 3.77. The third kappa shape index (κ3) is 5.43. The second-order valence-electron chi connectivity index (χ2n) is 6.14. The van der Waals surface area contributed by atoms with Crippen LogP contribution in [0.3, 0.4) is 0 Å². The summed E-state index contributed by atoms with van der Waals surface area (Å²) in [6.07, 6.45) is 1.20. The van der Waals surface area contributed by atoms with Gasteiger partial charge in [0.2, 0.25) is 5.91 Å². The van der Waals surface area contributed by atoms with Gasteiger partial charge in [-0.05, 0) is 36.6 Å². The second kappa shape index (κ2) is 8.28. The molecule has 4 nitrogen and oxygen atoms in total. The van der Waals surface area contributed by atoms with Crippen LogP contribution in [0, 0.1) is 5.92 Å². The molecule has 1 aromatic rings. The van der Waals surface area contributed by atoms with Crippen molar-refractivity contribution in [3.8, 4) is 0 Å². The molecule has 8 heteroatoms. The molecule has 3 N–H and O–H groups in total. The molecule has 1 aliphatic carbocycles. The van der Waals surface area contributed by atoms with Gasteiger partial charge in [-0.3, -0.25) is 4.79 Å². The summed E-state index contributed by atoms with van der Waals surface area (Å²) in [7, 11) is -2.44. The van der Waals surface area contributed by atoms with Crippen LogP contribution < -0.4 is 5.32 Å². The summed E-state index contributed by atoms with van der Waals surface area (Å²) in [4.78, 5) is 31.4. The zero-order valence-electron chi connectivity index (χ0n) is 13.1. The molecule has 134 valence electrons. The molecule has 1 unspecified atom stereocenters. The predicted octanol–water partition coefficient (Wildman–Crippen LogP) is 4.28. The van der Waals surface area contributed by atoms with E-state index in [1.165, 1.54) is 0 Å². The van der Waals surface area contributed by atoms with Gasteiger partial charge in [-0.2, -0.15) is 13.2 Å². The minimum absolute atomic E-state index is 0.207. The lowest BCUT2D eigenvalue weighted by Gasteiger charge is -2.26. The van der Waals surface area contributed by atoms with Crippen LogP contribution >= 0.6 is 8.38 Å². The maximum absolute atomic E-state index is 12.5. The Kier molecular flexibility index (Phi) is 6.61. The molecular weight excluding hydrogens is 342 g/mol. The highest BCUT2D eigenvalue weighted by atomic mass is 31.2. The van der Waals surface area contributed by atoms with Gasteiger partial charge in [-0.15, -0.1) is 0 Å². The van der Waals surface area contributed by atoms with E-state index in [1.54, 1.807) is 0 Å². The standard InChI is InChI=1S/C16H21F3NO3P/c17-16(18,19)12-6-8-13(9-7-12)20-15(21)14(24(22)23)10-11-4-2-1-3-5-11/h6-9,11,14,22-23H,1-5,10H2,(H,20,21). The number of anilines is 1. The van der Waals surface area contributed by atoms with Crippen molar-refractivity contribution in [3.63, 3.8) is 0 Å². The Bertz CT molecular complexity index is 542. The maximum Gasteiger partial charge on any atom is 0.416 e. The molecule has 0 aliphatic heterocycles. The zero-order valence-corrected chi connectivity index (χ0v) is 14.0. The summed E-state index contributed by atoms with van der Waals surface area (Å²) in [5.41, 5.74) is -1.52. The third-order valence-corrected chi connectivity index (χ3v) is 5.35. The highest BCUT2D eigenvalue weighted by molar-refractivity contribution is 7.47. The highest BCUT2D eigenvalue weighted by Crippen LogP contribution is 2.39. The van der Waals surface area contributed by atoms with Crippen LogP contribution in [0.4, 0.5) is 18.9 Å². The van der Waals surface area contributed by atoms with Crippen molar-refractivity contribution in [1.29, 1.82) is 0 Å². The molecule has 24 heavy (non-hydrogen) atoms. The molecule has 1 fully saturated rings. The Morgan fingerprint density at radius 3 is 2.25 bits per heavy atom. The normalized spacial score (nSPS) is 17.8. The van der Waals surface area contributed by atoms with Crippen LogP contribution in [0.25, 0.3) is 0 Å². The number of nitrogens with one attached hydrogen (secondary N) is 1. The van der Waals surface area contributed by atoms with Crippen LogP contribution in [-0.4, -0.2) is 21.4 Å². The van der Waals surface area contributed by atoms with Crippen molar-refractivity contribution >= 4 is 20.0 Å². The summed E-state index contributed by atoms with van der Waals surface area (Å²) in [5, 5.41) is 2.48. The monoisotopic (exact) mass is 363 g/mol. The molecule has 0 spiro atoms. The van der Waals surface area contributed by atoms with Crippen molar-refractivity contribution in [2.24, 2.45) is 5.92 Å². The SMILES string of the molecule is O=C(Nc1ccc(C(F)(F)F)cc1)C(CC1CCCCC1)P(O)O. The van der Waals surface area contributed by atoms with Gasteiger partial charge in [0.05, 0.1) is 5.56 Å². The Morgan fingerprint density at radius 2 is 1.75 bits per heavy atom. The van der Waals surface area contributed by atoms with E-state index in [0.717, 1.165) is 56.4 Å². The first-order valence-electron chi connectivity index (χ1n) is 7.92. The number of hydrogen-bond donors (Lipinski definition) is 3. The van der Waals surface area contributed by atoms with Gasteiger partial charge in [-0.25, -0.2) is 0 Å². The fraction of sp³-hybridized carbons (Fsp3) is 0.562. The molecule has 0 bridgehead atoms. The molecule has 0 heterocycles. The maximum atomic E-state index is 12.5. The largest absolute Gasteiger partial charge is 0.416 e.